The van der Waals surface area contributed by atoms with Crippen molar-refractivity contribution >= 4 is 5.91 Å². The third-order valence-electron chi connectivity index (χ3n) is 4.09. The average molecular weight is 270 g/mol. The lowest BCUT2D eigenvalue weighted by molar-refractivity contribution is -0.144. The highest BCUT2D eigenvalue weighted by Crippen LogP contribution is 2.36. The van der Waals surface area contributed by atoms with Gasteiger partial charge in [-0.1, -0.05) is 26.7 Å². The lowest BCUT2D eigenvalue weighted by atomic mass is 9.77. The first kappa shape index (κ1) is 16.4. The number of ether oxygens (including phenoxy) is 1. The molecule has 1 rings (SSSR count). The Hall–Kier alpha value is -0.610. The summed E-state index contributed by atoms with van der Waals surface area (Å²) >= 11 is 0. The molecule has 1 aliphatic rings. The number of amides is 1. The largest absolute Gasteiger partial charge is 0.383 e. The van der Waals surface area contributed by atoms with E-state index < -0.39 is 0 Å². The van der Waals surface area contributed by atoms with Crippen LogP contribution < -0.4 is 5.73 Å². The molecule has 0 radical (unpaired) electrons. The summed E-state index contributed by atoms with van der Waals surface area (Å²) in [5, 5.41) is 0. The van der Waals surface area contributed by atoms with E-state index in [2.05, 4.69) is 13.8 Å². The number of nitrogens with zero attached hydrogens (tertiary/aromatic N) is 1. The van der Waals surface area contributed by atoms with Crippen LogP contribution in [0.25, 0.3) is 0 Å². The number of carbonyl (C=O) groups is 1. The van der Waals surface area contributed by atoms with E-state index in [0.29, 0.717) is 25.7 Å². The van der Waals surface area contributed by atoms with Gasteiger partial charge in [-0.2, -0.15) is 0 Å². The van der Waals surface area contributed by atoms with Crippen LogP contribution in [0.15, 0.2) is 0 Å². The number of carbonyl (C=O) groups excluding carboxylic acids is 1. The summed E-state index contributed by atoms with van der Waals surface area (Å²) in [6.07, 6.45) is 6.07. The second-order valence-corrected chi connectivity index (χ2v) is 5.71. The molecule has 0 saturated heterocycles. The van der Waals surface area contributed by atoms with Gasteiger partial charge in [-0.3, -0.25) is 4.79 Å². The summed E-state index contributed by atoms with van der Waals surface area (Å²) in [6, 6.07) is 0.433. The highest BCUT2D eigenvalue weighted by atomic mass is 16.5. The van der Waals surface area contributed by atoms with Gasteiger partial charge in [0.25, 0.3) is 0 Å². The fraction of sp³-hybridized carbons (Fsp3) is 0.933. The van der Waals surface area contributed by atoms with Crippen molar-refractivity contribution in [3.63, 3.8) is 0 Å². The van der Waals surface area contributed by atoms with E-state index in [1.807, 2.05) is 4.90 Å². The number of hydrogen-bond acceptors (Lipinski definition) is 3. The predicted octanol–water partition coefficient (Wildman–Crippen LogP) is 2.17. The molecule has 0 aromatic heterocycles. The van der Waals surface area contributed by atoms with E-state index in [0.717, 1.165) is 38.5 Å². The summed E-state index contributed by atoms with van der Waals surface area (Å²) in [7, 11) is 1.68. The molecule has 0 spiro atoms. The Balaban J connectivity index is 2.81. The Labute approximate surface area is 117 Å². The van der Waals surface area contributed by atoms with Crippen LogP contribution in [0.3, 0.4) is 0 Å². The van der Waals surface area contributed by atoms with Crippen LogP contribution in [-0.4, -0.2) is 43.7 Å². The van der Waals surface area contributed by atoms with E-state index >= 15 is 0 Å². The number of rotatable bonds is 10. The summed E-state index contributed by atoms with van der Waals surface area (Å²) in [6.45, 7) is 6.04. The molecule has 4 nitrogen and oxygen atoms in total. The van der Waals surface area contributed by atoms with Crippen LogP contribution in [-0.2, 0) is 9.53 Å². The molecule has 1 fully saturated rings. The maximum Gasteiger partial charge on any atom is 0.230 e. The lowest BCUT2D eigenvalue weighted by Gasteiger charge is -2.36. The minimum atomic E-state index is -0.347. The van der Waals surface area contributed by atoms with Crippen LogP contribution >= 0.6 is 0 Å². The molecule has 1 saturated carbocycles. The topological polar surface area (TPSA) is 55.6 Å². The zero-order valence-corrected chi connectivity index (χ0v) is 12.8. The molecule has 0 aromatic carbocycles. The van der Waals surface area contributed by atoms with Crippen molar-refractivity contribution in [2.45, 2.75) is 58.4 Å². The molecule has 0 bridgehead atoms. The summed E-state index contributed by atoms with van der Waals surface area (Å²) in [5.41, 5.74) is 5.64. The van der Waals surface area contributed by atoms with E-state index in [9.17, 15) is 4.79 Å². The molecule has 0 atom stereocenters. The summed E-state index contributed by atoms with van der Waals surface area (Å²) < 4.78 is 5.14. The molecule has 0 aromatic rings. The van der Waals surface area contributed by atoms with Crippen LogP contribution in [0.4, 0.5) is 0 Å². The summed E-state index contributed by atoms with van der Waals surface area (Å²) in [5.74, 6) is 0.262. The Morgan fingerprint density at radius 1 is 1.32 bits per heavy atom. The Bertz CT molecular complexity index is 271. The van der Waals surface area contributed by atoms with E-state index in [1.165, 1.54) is 0 Å². The van der Waals surface area contributed by atoms with E-state index in [1.54, 1.807) is 7.11 Å². The van der Waals surface area contributed by atoms with Crippen molar-refractivity contribution < 1.29 is 9.53 Å². The van der Waals surface area contributed by atoms with Crippen LogP contribution in [0.2, 0.25) is 0 Å². The van der Waals surface area contributed by atoms with Gasteiger partial charge in [0.05, 0.1) is 12.0 Å². The Morgan fingerprint density at radius 3 is 2.26 bits per heavy atom. The maximum atomic E-state index is 13.0. The molecule has 112 valence electrons. The number of nitrogens with two attached hydrogens (primary N) is 1. The van der Waals surface area contributed by atoms with Crippen molar-refractivity contribution in [2.75, 3.05) is 26.8 Å². The number of hydrogen-bond donors (Lipinski definition) is 1. The predicted molar refractivity (Wildman–Crippen MR) is 77.9 cm³/mol. The molecule has 1 amide bonds. The van der Waals surface area contributed by atoms with Gasteiger partial charge >= 0.3 is 0 Å². The van der Waals surface area contributed by atoms with Crippen molar-refractivity contribution in [1.82, 2.24) is 4.90 Å². The van der Waals surface area contributed by atoms with Crippen molar-refractivity contribution in [1.29, 1.82) is 0 Å². The molecular formula is C15H30N2O2. The van der Waals surface area contributed by atoms with Crippen molar-refractivity contribution in [3.8, 4) is 0 Å². The van der Waals surface area contributed by atoms with Crippen LogP contribution in [0.5, 0.6) is 0 Å². The molecule has 0 unspecified atom stereocenters. The second kappa shape index (κ2) is 7.85. The Kier molecular flexibility index (Phi) is 6.80. The minimum absolute atomic E-state index is 0.262. The molecule has 2 N–H and O–H groups in total. The van der Waals surface area contributed by atoms with Gasteiger partial charge in [0.1, 0.15) is 0 Å². The lowest BCUT2D eigenvalue weighted by Crippen LogP contribution is -2.50. The first-order valence-corrected chi connectivity index (χ1v) is 7.65. The fourth-order valence-electron chi connectivity index (χ4n) is 2.92. The zero-order chi connectivity index (χ0) is 14.3. The van der Waals surface area contributed by atoms with Gasteiger partial charge < -0.3 is 15.4 Å². The van der Waals surface area contributed by atoms with Gasteiger partial charge in [-0.25, -0.2) is 0 Å². The molecule has 0 heterocycles. The second-order valence-electron chi connectivity index (χ2n) is 5.71. The third-order valence-corrected chi connectivity index (χ3v) is 4.09. The van der Waals surface area contributed by atoms with E-state index in [-0.39, 0.29) is 11.3 Å². The average Bonchev–Trinajstić information content (AvgIpc) is 3.23. The highest BCUT2D eigenvalue weighted by molar-refractivity contribution is 5.83. The third kappa shape index (κ3) is 4.18. The summed E-state index contributed by atoms with van der Waals surface area (Å²) in [4.78, 5) is 15.0. The molecule has 19 heavy (non-hydrogen) atoms. The Morgan fingerprint density at radius 2 is 1.89 bits per heavy atom. The van der Waals surface area contributed by atoms with Gasteiger partial charge in [0.2, 0.25) is 5.91 Å². The number of methoxy groups -OCH3 is 1. The first-order chi connectivity index (χ1) is 9.15. The standard InChI is InChI=1S/C15H30N2O2/c1-4-8-15(12-16,9-5-2)14(18)17(10-11-19-3)13-6-7-13/h13H,4-12,16H2,1-3H3. The van der Waals surface area contributed by atoms with Crippen molar-refractivity contribution in [3.05, 3.63) is 0 Å². The SMILES string of the molecule is CCCC(CN)(CCC)C(=O)N(CCOC)C1CC1. The minimum Gasteiger partial charge on any atom is -0.383 e. The molecular weight excluding hydrogens is 240 g/mol. The quantitative estimate of drug-likeness (QED) is 0.662. The fourth-order valence-corrected chi connectivity index (χ4v) is 2.92. The normalized spacial score (nSPS) is 15.6. The first-order valence-electron chi connectivity index (χ1n) is 7.65. The maximum absolute atomic E-state index is 13.0. The highest BCUT2D eigenvalue weighted by Gasteiger charge is 2.43. The molecule has 4 heteroatoms. The van der Waals surface area contributed by atoms with Crippen LogP contribution in [0, 0.1) is 5.41 Å². The van der Waals surface area contributed by atoms with Gasteiger partial charge in [-0.15, -0.1) is 0 Å². The van der Waals surface area contributed by atoms with Gasteiger partial charge in [0.15, 0.2) is 0 Å². The molecule has 0 aliphatic heterocycles. The zero-order valence-electron chi connectivity index (χ0n) is 12.8. The van der Waals surface area contributed by atoms with Gasteiger partial charge in [0, 0.05) is 26.2 Å². The van der Waals surface area contributed by atoms with Crippen LogP contribution in [0.1, 0.15) is 52.4 Å². The monoisotopic (exact) mass is 270 g/mol. The van der Waals surface area contributed by atoms with E-state index in [4.69, 9.17) is 10.5 Å². The molecule has 1 aliphatic carbocycles. The van der Waals surface area contributed by atoms with Gasteiger partial charge in [-0.05, 0) is 25.7 Å². The van der Waals surface area contributed by atoms with Crippen molar-refractivity contribution in [2.24, 2.45) is 11.1 Å². The smallest absolute Gasteiger partial charge is 0.230 e.